The second-order valence-corrected chi connectivity index (χ2v) is 12.8. The number of hydrogen-bond donors (Lipinski definition) is 2. The van der Waals surface area contributed by atoms with E-state index in [1.807, 2.05) is 36.4 Å². The molecule has 2 N–H and O–H groups in total. The molecule has 2 unspecified atom stereocenters. The summed E-state index contributed by atoms with van der Waals surface area (Å²) in [7, 11) is 0. The van der Waals surface area contributed by atoms with Gasteiger partial charge in [0.25, 0.3) is 0 Å². The number of Topliss-reactive ketones (excluding diaryl/α,β-unsaturated/α-hetero) is 2. The van der Waals surface area contributed by atoms with E-state index in [0.717, 1.165) is 73.9 Å². The van der Waals surface area contributed by atoms with E-state index < -0.39 is 0 Å². The van der Waals surface area contributed by atoms with E-state index in [1.54, 1.807) is 0 Å². The van der Waals surface area contributed by atoms with Gasteiger partial charge < -0.3 is 10.2 Å². The number of nitrogens with zero attached hydrogens (tertiary/aromatic N) is 2. The third kappa shape index (κ3) is 9.85. The summed E-state index contributed by atoms with van der Waals surface area (Å²) in [6.45, 7) is 5.40. The Kier molecular flexibility index (Phi) is 14.0. The predicted octanol–water partition coefficient (Wildman–Crippen LogP) is 9.73. The zero-order valence-corrected chi connectivity index (χ0v) is 27.8. The topological polar surface area (TPSA) is 99.3 Å². The number of benzene rings is 2. The SMILES string of the molecule is CCCCC(O)=C1C(=O)CC(c2ccccc2)CC1=NCCCCCCN=C1CC(c2ccccc2)CC(=O)C1=C(O)CCCC. The third-order valence-electron chi connectivity index (χ3n) is 9.20. The average molecular weight is 625 g/mol. The summed E-state index contributed by atoms with van der Waals surface area (Å²) in [6.07, 6.45) is 10.5. The van der Waals surface area contributed by atoms with Crippen LogP contribution in [0.15, 0.2) is 93.3 Å². The largest absolute Gasteiger partial charge is 0.511 e. The molecule has 6 heteroatoms. The molecule has 0 bridgehead atoms. The smallest absolute Gasteiger partial charge is 0.168 e. The molecule has 0 aliphatic heterocycles. The van der Waals surface area contributed by atoms with Gasteiger partial charge in [0.05, 0.1) is 11.1 Å². The molecule has 6 nitrogen and oxygen atoms in total. The minimum absolute atomic E-state index is 0.00332. The minimum atomic E-state index is -0.00332. The number of aliphatic hydroxyl groups excluding tert-OH is 2. The van der Waals surface area contributed by atoms with Gasteiger partial charge in [-0.05, 0) is 61.5 Å². The zero-order valence-electron chi connectivity index (χ0n) is 27.8. The van der Waals surface area contributed by atoms with E-state index >= 15 is 0 Å². The van der Waals surface area contributed by atoms with E-state index in [2.05, 4.69) is 38.1 Å². The van der Waals surface area contributed by atoms with Crippen molar-refractivity contribution in [2.24, 2.45) is 9.98 Å². The standard InChI is InChI=1S/C40H52N2O4/c1-3-5-21-35(43)39-33(25-31(27-37(39)45)29-17-11-9-12-18-29)41-23-15-7-8-16-24-42-34-26-32(30-19-13-10-14-20-30)28-38(46)40(34)36(44)22-6-4-2/h9-14,17-20,31-32,43-44H,3-8,15-16,21-28H2,1-2H3. The maximum absolute atomic E-state index is 13.2. The van der Waals surface area contributed by atoms with Crippen molar-refractivity contribution in [2.75, 3.05) is 13.1 Å². The fourth-order valence-corrected chi connectivity index (χ4v) is 6.60. The Morgan fingerprint density at radius 2 is 0.978 bits per heavy atom. The molecule has 2 aromatic carbocycles. The molecule has 2 fully saturated rings. The molecule has 46 heavy (non-hydrogen) atoms. The number of aliphatic hydroxyl groups is 2. The minimum Gasteiger partial charge on any atom is -0.511 e. The number of ketones is 2. The van der Waals surface area contributed by atoms with Gasteiger partial charge in [0.1, 0.15) is 11.5 Å². The molecule has 2 aromatic rings. The van der Waals surface area contributed by atoms with Crippen LogP contribution in [0, 0.1) is 0 Å². The Morgan fingerprint density at radius 3 is 1.35 bits per heavy atom. The van der Waals surface area contributed by atoms with Crippen LogP contribution in [0.2, 0.25) is 0 Å². The van der Waals surface area contributed by atoms with Crippen molar-refractivity contribution in [1.29, 1.82) is 0 Å². The van der Waals surface area contributed by atoms with Gasteiger partial charge in [-0.25, -0.2) is 0 Å². The van der Waals surface area contributed by atoms with Crippen LogP contribution in [-0.2, 0) is 9.59 Å². The van der Waals surface area contributed by atoms with Crippen molar-refractivity contribution < 1.29 is 19.8 Å². The van der Waals surface area contributed by atoms with Crippen LogP contribution >= 0.6 is 0 Å². The number of carbonyl (C=O) groups is 2. The van der Waals surface area contributed by atoms with Gasteiger partial charge >= 0.3 is 0 Å². The van der Waals surface area contributed by atoms with Crippen LogP contribution < -0.4 is 0 Å². The van der Waals surface area contributed by atoms with Crippen molar-refractivity contribution in [3.05, 3.63) is 94.5 Å². The summed E-state index contributed by atoms with van der Waals surface area (Å²) < 4.78 is 0. The normalized spacial score (nSPS) is 22.8. The van der Waals surface area contributed by atoms with Gasteiger partial charge in [0, 0.05) is 50.2 Å². The molecule has 0 saturated heterocycles. The highest BCUT2D eigenvalue weighted by Gasteiger charge is 2.33. The molecule has 2 aliphatic carbocycles. The predicted molar refractivity (Wildman–Crippen MR) is 188 cm³/mol. The first kappa shape index (κ1) is 35.1. The van der Waals surface area contributed by atoms with E-state index in [1.165, 1.54) is 0 Å². The van der Waals surface area contributed by atoms with Gasteiger partial charge in [-0.3, -0.25) is 19.6 Å². The fraction of sp³-hybridized carbons (Fsp3) is 0.500. The Bertz CT molecular complexity index is 1310. The molecule has 0 spiro atoms. The van der Waals surface area contributed by atoms with Crippen molar-refractivity contribution in [3.63, 3.8) is 0 Å². The lowest BCUT2D eigenvalue weighted by atomic mass is 9.78. The lowest BCUT2D eigenvalue weighted by Gasteiger charge is -2.26. The van der Waals surface area contributed by atoms with Crippen LogP contribution in [0.1, 0.15) is 127 Å². The fourth-order valence-electron chi connectivity index (χ4n) is 6.60. The summed E-state index contributed by atoms with van der Waals surface area (Å²) in [5, 5.41) is 21.7. The van der Waals surface area contributed by atoms with Crippen molar-refractivity contribution >= 4 is 23.0 Å². The van der Waals surface area contributed by atoms with Gasteiger partial charge in [-0.1, -0.05) is 100 Å². The molecule has 0 heterocycles. The van der Waals surface area contributed by atoms with Crippen LogP contribution in [-0.4, -0.2) is 46.3 Å². The number of rotatable bonds is 15. The monoisotopic (exact) mass is 624 g/mol. The number of unbranched alkanes of at least 4 members (excludes halogenated alkanes) is 5. The van der Waals surface area contributed by atoms with Crippen LogP contribution in [0.3, 0.4) is 0 Å². The lowest BCUT2D eigenvalue weighted by molar-refractivity contribution is -0.116. The van der Waals surface area contributed by atoms with Crippen molar-refractivity contribution in [2.45, 2.75) is 116 Å². The highest BCUT2D eigenvalue weighted by molar-refractivity contribution is 6.25. The summed E-state index contributed by atoms with van der Waals surface area (Å²) in [4.78, 5) is 36.2. The number of allylic oxidation sites excluding steroid dienone is 4. The zero-order chi connectivity index (χ0) is 32.7. The molecule has 2 atom stereocenters. The second-order valence-electron chi connectivity index (χ2n) is 12.8. The first-order chi connectivity index (χ1) is 22.4. The number of carbonyl (C=O) groups excluding carboxylic acids is 2. The molecular formula is C40H52N2O4. The van der Waals surface area contributed by atoms with Crippen LogP contribution in [0.4, 0.5) is 0 Å². The van der Waals surface area contributed by atoms with Gasteiger partial charge in [0.2, 0.25) is 0 Å². The highest BCUT2D eigenvalue weighted by atomic mass is 16.3. The summed E-state index contributed by atoms with van der Waals surface area (Å²) >= 11 is 0. The van der Waals surface area contributed by atoms with E-state index in [-0.39, 0.29) is 34.9 Å². The molecule has 2 aliphatic rings. The molecule has 4 rings (SSSR count). The first-order valence-corrected chi connectivity index (χ1v) is 17.5. The van der Waals surface area contributed by atoms with Gasteiger partial charge in [0.15, 0.2) is 11.6 Å². The van der Waals surface area contributed by atoms with E-state index in [0.29, 0.717) is 62.8 Å². The molecule has 2 saturated carbocycles. The summed E-state index contributed by atoms with van der Waals surface area (Å²) in [5.41, 5.74) is 4.70. The molecule has 0 aromatic heterocycles. The maximum Gasteiger partial charge on any atom is 0.168 e. The Morgan fingerprint density at radius 1 is 0.587 bits per heavy atom. The number of hydrogen-bond acceptors (Lipinski definition) is 6. The highest BCUT2D eigenvalue weighted by Crippen LogP contribution is 2.35. The molecule has 246 valence electrons. The third-order valence-corrected chi connectivity index (χ3v) is 9.20. The molecular weight excluding hydrogens is 572 g/mol. The molecule has 0 radical (unpaired) electrons. The maximum atomic E-state index is 13.2. The lowest BCUT2D eigenvalue weighted by Crippen LogP contribution is -2.27. The van der Waals surface area contributed by atoms with Crippen molar-refractivity contribution in [3.8, 4) is 0 Å². The van der Waals surface area contributed by atoms with Gasteiger partial charge in [-0.15, -0.1) is 0 Å². The Balaban J connectivity index is 1.35. The summed E-state index contributed by atoms with van der Waals surface area (Å²) in [6, 6.07) is 20.3. The average Bonchev–Trinajstić information content (AvgIpc) is 3.07. The van der Waals surface area contributed by atoms with Crippen LogP contribution in [0.25, 0.3) is 0 Å². The Labute approximate surface area is 275 Å². The number of aliphatic imine (C=N–C) groups is 2. The van der Waals surface area contributed by atoms with Crippen LogP contribution in [0.5, 0.6) is 0 Å². The van der Waals surface area contributed by atoms with E-state index in [9.17, 15) is 19.8 Å². The second kappa shape index (κ2) is 18.4. The summed E-state index contributed by atoms with van der Waals surface area (Å²) in [5.74, 6) is 0.556. The van der Waals surface area contributed by atoms with Gasteiger partial charge in [-0.2, -0.15) is 0 Å². The van der Waals surface area contributed by atoms with Crippen molar-refractivity contribution in [1.82, 2.24) is 0 Å². The molecule has 0 amide bonds. The first-order valence-electron chi connectivity index (χ1n) is 17.5. The quantitative estimate of drug-likeness (QED) is 0.117. The van der Waals surface area contributed by atoms with E-state index in [4.69, 9.17) is 9.98 Å². The Hall–Kier alpha value is -3.80.